The number of fused-ring (bicyclic) bond motifs is 2. The SMILES string of the molecule is O=C(O)c1ccc2c(c1)[C@]1(CC[C@@H](Oc3ccc(F)cn3)CC1)C(=O)N2. The third-order valence-corrected chi connectivity index (χ3v) is 5.24. The fraction of sp³-hybridized carbons (Fsp3) is 0.316. The van der Waals surface area contributed by atoms with Crippen LogP contribution < -0.4 is 10.1 Å². The van der Waals surface area contributed by atoms with Crippen molar-refractivity contribution in [1.29, 1.82) is 0 Å². The maximum atomic E-state index is 12.9. The number of nitrogens with one attached hydrogen (secondary N) is 1. The summed E-state index contributed by atoms with van der Waals surface area (Å²) in [5.74, 6) is -1.17. The number of carboxylic acid groups (broad SMARTS) is 1. The van der Waals surface area contributed by atoms with Crippen molar-refractivity contribution in [2.75, 3.05) is 5.32 Å². The highest BCUT2D eigenvalue weighted by Gasteiger charge is 2.49. The molecule has 1 spiro atoms. The third-order valence-electron chi connectivity index (χ3n) is 5.24. The Morgan fingerprint density at radius 1 is 1.27 bits per heavy atom. The van der Waals surface area contributed by atoms with Gasteiger partial charge < -0.3 is 15.2 Å². The Balaban J connectivity index is 1.53. The maximum Gasteiger partial charge on any atom is 0.335 e. The molecule has 1 aliphatic carbocycles. The van der Waals surface area contributed by atoms with Crippen LogP contribution in [0.5, 0.6) is 5.88 Å². The van der Waals surface area contributed by atoms with Crippen LogP contribution in [0, 0.1) is 5.82 Å². The summed E-state index contributed by atoms with van der Waals surface area (Å²) >= 11 is 0. The summed E-state index contributed by atoms with van der Waals surface area (Å²) in [6.45, 7) is 0. The first-order valence-electron chi connectivity index (χ1n) is 8.45. The molecule has 1 aromatic carbocycles. The Kier molecular flexibility index (Phi) is 3.86. The smallest absolute Gasteiger partial charge is 0.335 e. The summed E-state index contributed by atoms with van der Waals surface area (Å²) in [5.41, 5.74) is 0.894. The van der Waals surface area contributed by atoms with Gasteiger partial charge in [-0.1, -0.05) is 0 Å². The molecule has 0 unspecified atom stereocenters. The van der Waals surface area contributed by atoms with Gasteiger partial charge in [-0.3, -0.25) is 4.79 Å². The zero-order chi connectivity index (χ0) is 18.3. The highest BCUT2D eigenvalue weighted by Crippen LogP contribution is 2.48. The van der Waals surface area contributed by atoms with Crippen LogP contribution in [0.4, 0.5) is 10.1 Å². The number of hydrogen-bond donors (Lipinski definition) is 2. The molecule has 1 aliphatic heterocycles. The molecule has 134 valence electrons. The molecule has 7 heteroatoms. The van der Waals surface area contributed by atoms with Gasteiger partial charge in [0.05, 0.1) is 17.2 Å². The first kappa shape index (κ1) is 16.5. The van der Waals surface area contributed by atoms with Gasteiger partial charge in [-0.15, -0.1) is 0 Å². The van der Waals surface area contributed by atoms with Crippen molar-refractivity contribution in [3.63, 3.8) is 0 Å². The van der Waals surface area contributed by atoms with Crippen molar-refractivity contribution >= 4 is 17.6 Å². The van der Waals surface area contributed by atoms with Gasteiger partial charge >= 0.3 is 5.97 Å². The highest BCUT2D eigenvalue weighted by molar-refractivity contribution is 6.07. The number of ether oxygens (including phenoxy) is 1. The van der Waals surface area contributed by atoms with Crippen LogP contribution in [0.15, 0.2) is 36.5 Å². The van der Waals surface area contributed by atoms with Crippen molar-refractivity contribution in [2.24, 2.45) is 0 Å². The molecule has 1 aromatic heterocycles. The number of rotatable bonds is 3. The van der Waals surface area contributed by atoms with Crippen LogP contribution in [-0.4, -0.2) is 28.1 Å². The van der Waals surface area contributed by atoms with Crippen molar-refractivity contribution < 1.29 is 23.8 Å². The topological polar surface area (TPSA) is 88.5 Å². The van der Waals surface area contributed by atoms with Gasteiger partial charge in [-0.05, 0) is 55.5 Å². The van der Waals surface area contributed by atoms with E-state index >= 15 is 0 Å². The Hall–Kier alpha value is -2.96. The Morgan fingerprint density at radius 2 is 2.04 bits per heavy atom. The van der Waals surface area contributed by atoms with E-state index in [4.69, 9.17) is 4.74 Å². The number of hydrogen-bond acceptors (Lipinski definition) is 4. The van der Waals surface area contributed by atoms with Crippen LogP contribution in [0.25, 0.3) is 0 Å². The molecule has 1 saturated carbocycles. The lowest BCUT2D eigenvalue weighted by molar-refractivity contribution is -0.122. The normalized spacial score (nSPS) is 24.2. The fourth-order valence-corrected chi connectivity index (χ4v) is 3.85. The molecule has 1 fully saturated rings. The number of pyridine rings is 1. The summed E-state index contributed by atoms with van der Waals surface area (Å²) in [5, 5.41) is 12.1. The molecule has 0 bridgehead atoms. The van der Waals surface area contributed by atoms with Gasteiger partial charge in [0.1, 0.15) is 11.9 Å². The lowest BCUT2D eigenvalue weighted by Gasteiger charge is -2.35. The standard InChI is InChI=1S/C19H17FN2O4/c20-12-2-4-16(21-10-12)26-13-5-7-19(8-6-13)14-9-11(17(23)24)1-3-15(14)22-18(19)25/h1-4,9-10,13H,5-8H2,(H,22,25)(H,23,24)/t13-,19-. The monoisotopic (exact) mass is 356 g/mol. The molecule has 0 atom stereocenters. The number of anilines is 1. The summed E-state index contributed by atoms with van der Waals surface area (Å²) in [4.78, 5) is 27.8. The van der Waals surface area contributed by atoms with Gasteiger partial charge in [0, 0.05) is 11.8 Å². The van der Waals surface area contributed by atoms with Crippen LogP contribution in [0.2, 0.25) is 0 Å². The van der Waals surface area contributed by atoms with Crippen molar-refractivity contribution in [1.82, 2.24) is 4.98 Å². The number of aromatic carboxylic acids is 1. The van der Waals surface area contributed by atoms with Crippen molar-refractivity contribution in [3.05, 3.63) is 53.5 Å². The number of halogens is 1. The second-order valence-corrected chi connectivity index (χ2v) is 6.73. The fourth-order valence-electron chi connectivity index (χ4n) is 3.85. The molecule has 2 aromatic rings. The van der Waals surface area contributed by atoms with Crippen molar-refractivity contribution in [3.8, 4) is 5.88 Å². The number of nitrogens with zero attached hydrogens (tertiary/aromatic N) is 1. The molecule has 2 heterocycles. The zero-order valence-corrected chi connectivity index (χ0v) is 13.9. The maximum absolute atomic E-state index is 12.9. The molecule has 0 radical (unpaired) electrons. The van der Waals surface area contributed by atoms with Gasteiger partial charge in [-0.25, -0.2) is 14.2 Å². The van der Waals surface area contributed by atoms with Gasteiger partial charge in [0.2, 0.25) is 11.8 Å². The molecule has 0 saturated heterocycles. The minimum Gasteiger partial charge on any atom is -0.478 e. The van der Waals surface area contributed by atoms with Crippen LogP contribution in [-0.2, 0) is 10.2 Å². The molecular weight excluding hydrogens is 339 g/mol. The minimum atomic E-state index is -1.01. The average Bonchev–Trinajstić information content (AvgIpc) is 2.90. The number of benzene rings is 1. The summed E-state index contributed by atoms with van der Waals surface area (Å²) in [6.07, 6.45) is 3.36. The van der Waals surface area contributed by atoms with E-state index in [0.29, 0.717) is 37.3 Å². The first-order chi connectivity index (χ1) is 12.5. The largest absolute Gasteiger partial charge is 0.478 e. The number of aromatic nitrogens is 1. The predicted octanol–water partition coefficient (Wildman–Crippen LogP) is 3.13. The number of carbonyl (C=O) groups excluding carboxylic acids is 1. The molecule has 26 heavy (non-hydrogen) atoms. The third kappa shape index (κ3) is 2.69. The predicted molar refractivity (Wildman–Crippen MR) is 90.8 cm³/mol. The molecule has 4 rings (SSSR count). The quantitative estimate of drug-likeness (QED) is 0.882. The van der Waals surface area contributed by atoms with E-state index in [1.165, 1.54) is 18.2 Å². The van der Waals surface area contributed by atoms with E-state index in [1.54, 1.807) is 12.1 Å². The molecule has 2 N–H and O–H groups in total. The van der Waals surface area contributed by atoms with Gasteiger partial charge in [-0.2, -0.15) is 0 Å². The number of amides is 1. The van der Waals surface area contributed by atoms with Crippen LogP contribution in [0.1, 0.15) is 41.6 Å². The van der Waals surface area contributed by atoms with E-state index in [0.717, 1.165) is 11.8 Å². The molecule has 6 nitrogen and oxygen atoms in total. The van der Waals surface area contributed by atoms with E-state index in [-0.39, 0.29) is 17.6 Å². The van der Waals surface area contributed by atoms with E-state index in [2.05, 4.69) is 10.3 Å². The van der Waals surface area contributed by atoms with Gasteiger partial charge in [0.15, 0.2) is 0 Å². The summed E-state index contributed by atoms with van der Waals surface area (Å²) in [6, 6.07) is 7.52. The lowest BCUT2D eigenvalue weighted by Crippen LogP contribution is -2.41. The second-order valence-electron chi connectivity index (χ2n) is 6.73. The molecular formula is C19H17FN2O4. The van der Waals surface area contributed by atoms with Gasteiger partial charge in [0.25, 0.3) is 0 Å². The van der Waals surface area contributed by atoms with E-state index in [1.807, 2.05) is 0 Å². The highest BCUT2D eigenvalue weighted by atomic mass is 19.1. The lowest BCUT2D eigenvalue weighted by atomic mass is 9.69. The Bertz CT molecular complexity index is 874. The van der Waals surface area contributed by atoms with Crippen molar-refractivity contribution in [2.45, 2.75) is 37.2 Å². The molecule has 2 aliphatic rings. The minimum absolute atomic E-state index is 0.0894. The summed E-state index contributed by atoms with van der Waals surface area (Å²) < 4.78 is 18.7. The number of carbonyl (C=O) groups is 2. The van der Waals surface area contributed by atoms with Crippen LogP contribution in [0.3, 0.4) is 0 Å². The summed E-state index contributed by atoms with van der Waals surface area (Å²) in [7, 11) is 0. The van der Waals surface area contributed by atoms with E-state index < -0.39 is 17.2 Å². The Morgan fingerprint density at radius 3 is 2.69 bits per heavy atom. The first-order valence-corrected chi connectivity index (χ1v) is 8.45. The van der Waals surface area contributed by atoms with E-state index in [9.17, 15) is 19.1 Å². The average molecular weight is 356 g/mol. The second kappa shape index (κ2) is 6.09. The number of carboxylic acids is 1. The zero-order valence-electron chi connectivity index (χ0n) is 13.9. The van der Waals surface area contributed by atoms with Crippen LogP contribution >= 0.6 is 0 Å². The Labute approximate surface area is 149 Å². The molecule has 1 amide bonds.